The van der Waals surface area contributed by atoms with E-state index in [1.807, 2.05) is 11.6 Å². The number of halogens is 1. The van der Waals surface area contributed by atoms with Crippen LogP contribution in [-0.2, 0) is 16.6 Å². The second-order valence-corrected chi connectivity index (χ2v) is 6.22. The number of imide groups is 1. The van der Waals surface area contributed by atoms with Crippen LogP contribution in [0.4, 0.5) is 4.39 Å². The maximum Gasteiger partial charge on any atom is 0.229 e. The number of carbonyl (C=O) groups excluding carboxylic acids is 2. The molecule has 0 N–H and O–H groups in total. The molecule has 0 saturated carbocycles. The lowest BCUT2D eigenvalue weighted by molar-refractivity contribution is -0.137. The molecule has 1 aromatic carbocycles. The van der Waals surface area contributed by atoms with Gasteiger partial charge in [0.25, 0.3) is 0 Å². The van der Waals surface area contributed by atoms with Crippen molar-refractivity contribution in [1.29, 1.82) is 0 Å². The van der Waals surface area contributed by atoms with Crippen LogP contribution < -0.4 is 0 Å². The van der Waals surface area contributed by atoms with E-state index in [0.717, 1.165) is 5.56 Å². The van der Waals surface area contributed by atoms with Gasteiger partial charge in [0.15, 0.2) is 11.0 Å². The maximum atomic E-state index is 13.0. The predicted octanol–water partition coefficient (Wildman–Crippen LogP) is 1.86. The first-order valence-electron chi connectivity index (χ1n) is 7.17. The average Bonchev–Trinajstić information content (AvgIpc) is 3.05. The van der Waals surface area contributed by atoms with E-state index < -0.39 is 0 Å². The number of hydrogen-bond acceptors (Lipinski definition) is 5. The van der Waals surface area contributed by atoms with Crippen LogP contribution in [0.5, 0.6) is 0 Å². The van der Waals surface area contributed by atoms with Crippen LogP contribution in [0.15, 0.2) is 29.4 Å². The highest BCUT2D eigenvalue weighted by atomic mass is 32.2. The Hall–Kier alpha value is -2.22. The molecular formula is C15H15FN4O2S. The van der Waals surface area contributed by atoms with Crippen LogP contribution in [0.1, 0.15) is 12.8 Å². The monoisotopic (exact) mass is 334 g/mol. The summed E-state index contributed by atoms with van der Waals surface area (Å²) in [6, 6.07) is 6.05. The van der Waals surface area contributed by atoms with Gasteiger partial charge in [-0.2, -0.15) is 0 Å². The van der Waals surface area contributed by atoms with Crippen LogP contribution in [0.3, 0.4) is 0 Å². The van der Waals surface area contributed by atoms with Crippen LogP contribution in [0.2, 0.25) is 0 Å². The summed E-state index contributed by atoms with van der Waals surface area (Å²) in [5.74, 6) is 0.680. The molecule has 0 spiro atoms. The van der Waals surface area contributed by atoms with E-state index in [1.165, 1.54) is 28.8 Å². The molecule has 0 atom stereocenters. The Bertz CT molecular complexity index is 728. The lowest BCUT2D eigenvalue weighted by Gasteiger charge is -2.12. The lowest BCUT2D eigenvalue weighted by Crippen LogP contribution is -2.31. The second kappa shape index (κ2) is 6.49. The van der Waals surface area contributed by atoms with Crippen molar-refractivity contribution in [3.63, 3.8) is 0 Å². The Kier molecular flexibility index (Phi) is 4.42. The predicted molar refractivity (Wildman–Crippen MR) is 83.1 cm³/mol. The first-order valence-corrected chi connectivity index (χ1v) is 8.16. The normalized spacial score (nSPS) is 14.8. The molecule has 0 bridgehead atoms. The third-order valence-corrected chi connectivity index (χ3v) is 4.64. The molecule has 1 aliphatic heterocycles. The molecule has 1 aliphatic rings. The van der Waals surface area contributed by atoms with E-state index in [0.29, 0.717) is 36.1 Å². The van der Waals surface area contributed by atoms with Crippen molar-refractivity contribution in [1.82, 2.24) is 19.7 Å². The molecule has 2 aromatic rings. The molecule has 1 saturated heterocycles. The number of hydrogen-bond donors (Lipinski definition) is 0. The Morgan fingerprint density at radius 3 is 2.43 bits per heavy atom. The fourth-order valence-corrected chi connectivity index (χ4v) is 3.23. The number of nitrogens with zero attached hydrogens (tertiary/aromatic N) is 4. The molecule has 2 amide bonds. The van der Waals surface area contributed by atoms with Crippen molar-refractivity contribution in [2.45, 2.75) is 18.0 Å². The highest BCUT2D eigenvalue weighted by Gasteiger charge is 2.28. The second-order valence-electron chi connectivity index (χ2n) is 5.16. The van der Waals surface area contributed by atoms with Gasteiger partial charge in [-0.15, -0.1) is 10.2 Å². The molecular weight excluding hydrogens is 319 g/mol. The number of likely N-dealkylation sites (tertiary alicyclic amines) is 1. The summed E-state index contributed by atoms with van der Waals surface area (Å²) in [6.45, 7) is 0.376. The van der Waals surface area contributed by atoms with E-state index in [-0.39, 0.29) is 17.6 Å². The van der Waals surface area contributed by atoms with Crippen molar-refractivity contribution in [3.05, 3.63) is 30.1 Å². The van der Waals surface area contributed by atoms with Crippen molar-refractivity contribution in [2.75, 3.05) is 12.3 Å². The molecule has 0 aliphatic carbocycles. The number of carbonyl (C=O) groups is 2. The fraction of sp³-hybridized carbons (Fsp3) is 0.333. The van der Waals surface area contributed by atoms with Crippen LogP contribution >= 0.6 is 11.8 Å². The van der Waals surface area contributed by atoms with Crippen molar-refractivity contribution in [2.24, 2.45) is 7.05 Å². The Balaban J connectivity index is 1.64. The van der Waals surface area contributed by atoms with Gasteiger partial charge >= 0.3 is 0 Å². The number of rotatable bonds is 5. The van der Waals surface area contributed by atoms with Gasteiger partial charge in [0, 0.05) is 37.8 Å². The average molecular weight is 334 g/mol. The Morgan fingerprint density at radius 2 is 1.78 bits per heavy atom. The molecule has 120 valence electrons. The van der Waals surface area contributed by atoms with Crippen LogP contribution in [0, 0.1) is 5.82 Å². The molecule has 3 rings (SSSR count). The van der Waals surface area contributed by atoms with Gasteiger partial charge in [-0.25, -0.2) is 4.39 Å². The zero-order valence-corrected chi connectivity index (χ0v) is 13.3. The minimum Gasteiger partial charge on any atom is -0.305 e. The Morgan fingerprint density at radius 1 is 1.13 bits per heavy atom. The molecule has 6 nitrogen and oxygen atoms in total. The van der Waals surface area contributed by atoms with E-state index in [9.17, 15) is 14.0 Å². The molecule has 0 unspecified atom stereocenters. The number of amides is 2. The van der Waals surface area contributed by atoms with Gasteiger partial charge in [0.1, 0.15) is 5.82 Å². The quantitative estimate of drug-likeness (QED) is 0.617. The summed E-state index contributed by atoms with van der Waals surface area (Å²) in [5.41, 5.74) is 0.776. The molecule has 1 fully saturated rings. The fourth-order valence-electron chi connectivity index (χ4n) is 2.39. The highest BCUT2D eigenvalue weighted by Crippen LogP contribution is 2.23. The van der Waals surface area contributed by atoms with Gasteiger partial charge in [-0.1, -0.05) is 11.8 Å². The molecule has 2 heterocycles. The van der Waals surface area contributed by atoms with Crippen molar-refractivity contribution >= 4 is 23.6 Å². The third kappa shape index (κ3) is 3.26. The number of thioether (sulfide) groups is 1. The minimum absolute atomic E-state index is 0.111. The minimum atomic E-state index is -0.300. The van der Waals surface area contributed by atoms with Crippen molar-refractivity contribution < 1.29 is 14.0 Å². The van der Waals surface area contributed by atoms with Gasteiger partial charge in [0.05, 0.1) is 0 Å². The summed E-state index contributed by atoms with van der Waals surface area (Å²) in [5, 5.41) is 8.91. The zero-order valence-electron chi connectivity index (χ0n) is 12.5. The van der Waals surface area contributed by atoms with E-state index in [1.54, 1.807) is 12.1 Å². The summed E-state index contributed by atoms with van der Waals surface area (Å²) >= 11 is 1.43. The molecule has 8 heteroatoms. The largest absolute Gasteiger partial charge is 0.305 e. The standard InChI is InChI=1S/C15H15FN4O2S/c1-19-14(10-2-4-11(16)5-3-10)17-18-15(19)23-9-8-20-12(21)6-7-13(20)22/h2-5H,6-9H2,1H3. The van der Waals surface area contributed by atoms with Crippen LogP contribution in [-0.4, -0.2) is 43.8 Å². The van der Waals surface area contributed by atoms with E-state index in [4.69, 9.17) is 0 Å². The summed E-state index contributed by atoms with van der Waals surface area (Å²) in [6.07, 6.45) is 0.615. The van der Waals surface area contributed by atoms with Gasteiger partial charge in [0.2, 0.25) is 11.8 Å². The third-order valence-electron chi connectivity index (χ3n) is 3.64. The highest BCUT2D eigenvalue weighted by molar-refractivity contribution is 7.99. The topological polar surface area (TPSA) is 68.1 Å². The van der Waals surface area contributed by atoms with Gasteiger partial charge in [-0.3, -0.25) is 14.5 Å². The molecule has 23 heavy (non-hydrogen) atoms. The molecule has 0 radical (unpaired) electrons. The van der Waals surface area contributed by atoms with E-state index >= 15 is 0 Å². The number of aromatic nitrogens is 3. The maximum absolute atomic E-state index is 13.0. The first kappa shape index (κ1) is 15.7. The SMILES string of the molecule is Cn1c(SCCN2C(=O)CCC2=O)nnc1-c1ccc(F)cc1. The zero-order chi connectivity index (χ0) is 16.4. The van der Waals surface area contributed by atoms with Gasteiger partial charge in [-0.05, 0) is 24.3 Å². The smallest absolute Gasteiger partial charge is 0.229 e. The summed E-state index contributed by atoms with van der Waals surface area (Å²) in [4.78, 5) is 24.4. The summed E-state index contributed by atoms with van der Waals surface area (Å²) in [7, 11) is 1.83. The Labute approximate surface area is 136 Å². The van der Waals surface area contributed by atoms with Crippen LogP contribution in [0.25, 0.3) is 11.4 Å². The van der Waals surface area contributed by atoms with Crippen molar-refractivity contribution in [3.8, 4) is 11.4 Å². The number of benzene rings is 1. The summed E-state index contributed by atoms with van der Waals surface area (Å²) < 4.78 is 14.8. The molecule has 1 aromatic heterocycles. The first-order chi connectivity index (χ1) is 11.1. The van der Waals surface area contributed by atoms with E-state index in [2.05, 4.69) is 10.2 Å². The van der Waals surface area contributed by atoms with Gasteiger partial charge < -0.3 is 4.57 Å². The lowest BCUT2D eigenvalue weighted by atomic mass is 10.2.